The van der Waals surface area contributed by atoms with Crippen molar-refractivity contribution < 1.29 is 7.65 Å². The first-order chi connectivity index (χ1) is 19.5. The van der Waals surface area contributed by atoms with Crippen LogP contribution in [0.15, 0.2) is 74.0 Å². The molecular formula is C34H53N5O. The molecule has 6 rings (SSSR count). The summed E-state index contributed by atoms with van der Waals surface area (Å²) in [4.78, 5) is 24.0. The van der Waals surface area contributed by atoms with E-state index in [0.717, 1.165) is 30.8 Å². The molecule has 2 N–H and O–H groups in total. The average molecular weight is 548 g/mol. The van der Waals surface area contributed by atoms with Gasteiger partial charge in [0.05, 0.1) is 6.04 Å². The molecule has 0 saturated heterocycles. The summed E-state index contributed by atoms with van der Waals surface area (Å²) in [6.07, 6.45) is 5.44. The molecule has 1 saturated carbocycles. The first-order valence-electron chi connectivity index (χ1n) is 14.9. The van der Waals surface area contributed by atoms with Gasteiger partial charge in [-0.15, -0.1) is 13.2 Å². The molecule has 2 aliphatic heterocycles. The van der Waals surface area contributed by atoms with Gasteiger partial charge in [-0.2, -0.15) is 4.98 Å². The zero-order chi connectivity index (χ0) is 29.7. The Labute approximate surface area is 245 Å². The molecule has 3 unspecified atom stereocenters. The van der Waals surface area contributed by atoms with Crippen molar-refractivity contribution in [3.63, 3.8) is 0 Å². The molecule has 0 radical (unpaired) electrons. The van der Waals surface area contributed by atoms with Crippen molar-refractivity contribution in [2.75, 3.05) is 15.5 Å². The summed E-state index contributed by atoms with van der Waals surface area (Å²) in [7, 11) is 0. The zero-order valence-corrected chi connectivity index (χ0v) is 25.6. The Bertz CT molecular complexity index is 1190. The third-order valence-corrected chi connectivity index (χ3v) is 7.33. The van der Waals surface area contributed by atoms with Crippen molar-refractivity contribution in [1.29, 1.82) is 0 Å². The molecule has 2 aromatic carbocycles. The van der Waals surface area contributed by atoms with Crippen LogP contribution in [0.3, 0.4) is 0 Å². The number of carbonyl (C=O) groups is 1. The van der Waals surface area contributed by atoms with Gasteiger partial charge >= 0.3 is 0 Å². The highest BCUT2D eigenvalue weighted by Crippen LogP contribution is 2.56. The van der Waals surface area contributed by atoms with Crippen LogP contribution in [0.5, 0.6) is 0 Å². The minimum absolute atomic E-state index is 0. The van der Waals surface area contributed by atoms with Gasteiger partial charge in [-0.25, -0.2) is 4.98 Å². The summed E-state index contributed by atoms with van der Waals surface area (Å²) >= 11 is 0. The third kappa shape index (κ3) is 7.50. The highest BCUT2D eigenvalue weighted by molar-refractivity contribution is 5.91. The zero-order valence-electron chi connectivity index (χ0n) is 25.6. The van der Waals surface area contributed by atoms with Gasteiger partial charge in [0.2, 0.25) is 11.9 Å². The van der Waals surface area contributed by atoms with E-state index >= 15 is 0 Å². The van der Waals surface area contributed by atoms with Gasteiger partial charge in [0.25, 0.3) is 0 Å². The Hall–Kier alpha value is -3.67. The van der Waals surface area contributed by atoms with E-state index in [1.807, 2.05) is 64.2 Å². The quantitative estimate of drug-likeness (QED) is 0.275. The molecule has 4 atom stereocenters. The number of rotatable bonds is 8. The molecule has 3 heterocycles. The van der Waals surface area contributed by atoms with Crippen LogP contribution in [0.2, 0.25) is 0 Å². The van der Waals surface area contributed by atoms with Crippen molar-refractivity contribution in [3.8, 4) is 0 Å². The summed E-state index contributed by atoms with van der Waals surface area (Å²) in [5.41, 5.74) is 4.57. The van der Waals surface area contributed by atoms with E-state index in [-0.39, 0.29) is 14.8 Å². The lowest BCUT2D eigenvalue weighted by Crippen LogP contribution is -2.53. The smallest absolute Gasteiger partial charge is 0.225 e. The van der Waals surface area contributed by atoms with E-state index in [1.165, 1.54) is 16.8 Å². The number of aromatic nitrogens is 2. The molecule has 1 aliphatic carbocycles. The first-order valence-corrected chi connectivity index (χ1v) is 14.9. The predicted octanol–water partition coefficient (Wildman–Crippen LogP) is 9.77. The van der Waals surface area contributed by atoms with Crippen LogP contribution < -0.4 is 15.5 Å². The standard InChI is InChI=1S/C28H33N5O.2C2H6.C2H4.2H2/c1-4-5-11-27(34)31-21-12-13-24-23(16-21)22-17-25(18(22)2)33(24)26-14-15-29-28(32-26)30-19(3)20-9-7-6-8-10-20;3*1-2;;/h6-10,12-16,18-19,22,25H,4-5,11,17H2,1-3H3,(H,31,34)(H,29,30,32);2*1-2H3;1-2H2;2*1H/t18?,19-,22?,25?;;;;;/m0...../s1. The highest BCUT2D eigenvalue weighted by Gasteiger charge is 2.49. The molecule has 1 amide bonds. The van der Waals surface area contributed by atoms with E-state index in [9.17, 15) is 4.79 Å². The number of nitrogens with zero attached hydrogens (tertiary/aromatic N) is 3. The number of hydrogen-bond acceptors (Lipinski definition) is 5. The van der Waals surface area contributed by atoms with E-state index in [2.05, 4.69) is 78.7 Å². The number of anilines is 4. The van der Waals surface area contributed by atoms with Crippen molar-refractivity contribution in [2.45, 2.75) is 92.2 Å². The average Bonchev–Trinajstić information content (AvgIpc) is 3.02. The maximum Gasteiger partial charge on any atom is 0.225 e. The van der Waals surface area contributed by atoms with Crippen molar-refractivity contribution in [2.24, 2.45) is 5.92 Å². The maximum absolute atomic E-state index is 12.3. The summed E-state index contributed by atoms with van der Waals surface area (Å²) in [5, 5.41) is 6.54. The van der Waals surface area contributed by atoms with Crippen LogP contribution in [0.4, 0.5) is 23.1 Å². The first kappa shape index (κ1) is 32.5. The second-order valence-electron chi connectivity index (χ2n) is 9.58. The Morgan fingerprint density at radius 2 is 1.80 bits per heavy atom. The molecule has 220 valence electrons. The molecule has 6 nitrogen and oxygen atoms in total. The number of benzene rings is 2. The Kier molecular flexibility index (Phi) is 13.4. The largest absolute Gasteiger partial charge is 0.348 e. The summed E-state index contributed by atoms with van der Waals surface area (Å²) in [6.45, 7) is 20.5. The summed E-state index contributed by atoms with van der Waals surface area (Å²) in [5.74, 6) is 2.69. The van der Waals surface area contributed by atoms with Crippen LogP contribution in [0.1, 0.15) is 100 Å². The van der Waals surface area contributed by atoms with Crippen LogP contribution in [-0.4, -0.2) is 21.9 Å². The van der Waals surface area contributed by atoms with Gasteiger partial charge in [0, 0.05) is 32.9 Å². The fourth-order valence-corrected chi connectivity index (χ4v) is 5.27. The van der Waals surface area contributed by atoms with Gasteiger partial charge in [0.1, 0.15) is 5.82 Å². The second kappa shape index (κ2) is 16.4. The van der Waals surface area contributed by atoms with E-state index in [4.69, 9.17) is 4.98 Å². The Balaban J connectivity index is 0.00000198. The van der Waals surface area contributed by atoms with Gasteiger partial charge < -0.3 is 15.5 Å². The molecular weight excluding hydrogens is 494 g/mol. The molecule has 1 aromatic heterocycles. The minimum Gasteiger partial charge on any atom is -0.348 e. The minimum atomic E-state index is 0. The summed E-state index contributed by atoms with van der Waals surface area (Å²) in [6, 6.07) is 19.2. The molecule has 0 spiro atoms. The Morgan fingerprint density at radius 1 is 1.10 bits per heavy atom. The highest BCUT2D eigenvalue weighted by atomic mass is 16.1. The van der Waals surface area contributed by atoms with E-state index in [0.29, 0.717) is 30.2 Å². The molecule has 6 heteroatoms. The van der Waals surface area contributed by atoms with E-state index < -0.39 is 0 Å². The molecule has 3 aliphatic rings. The van der Waals surface area contributed by atoms with Crippen LogP contribution in [0, 0.1) is 5.92 Å². The van der Waals surface area contributed by atoms with Crippen molar-refractivity contribution >= 4 is 29.0 Å². The fourth-order valence-electron chi connectivity index (χ4n) is 5.27. The van der Waals surface area contributed by atoms with Crippen LogP contribution >= 0.6 is 0 Å². The molecule has 3 aromatic rings. The van der Waals surface area contributed by atoms with Gasteiger partial charge in [-0.1, -0.05) is 78.3 Å². The number of nitrogens with one attached hydrogen (secondary N) is 2. The molecule has 1 fully saturated rings. The lowest BCUT2D eigenvalue weighted by atomic mass is 9.62. The lowest BCUT2D eigenvalue weighted by Gasteiger charge is -2.55. The van der Waals surface area contributed by atoms with Crippen molar-refractivity contribution in [1.82, 2.24) is 9.97 Å². The van der Waals surface area contributed by atoms with Gasteiger partial charge in [-0.3, -0.25) is 4.79 Å². The lowest BCUT2D eigenvalue weighted by molar-refractivity contribution is -0.116. The SMILES string of the molecule is C=C.CC.CC.CCCCC(=O)Nc1ccc2c(c1)C1CC(C1C)N2c1ccnc(N[C@@H](C)c2ccccc2)n1.[HH].[HH]. The van der Waals surface area contributed by atoms with Crippen LogP contribution in [-0.2, 0) is 4.79 Å². The number of unbranched alkanes of at least 4 members (excludes halogenated alkanes) is 1. The molecule has 40 heavy (non-hydrogen) atoms. The monoisotopic (exact) mass is 547 g/mol. The third-order valence-electron chi connectivity index (χ3n) is 7.33. The predicted molar refractivity (Wildman–Crippen MR) is 176 cm³/mol. The maximum atomic E-state index is 12.3. The van der Waals surface area contributed by atoms with Gasteiger partial charge in [-0.05, 0) is 67.0 Å². The molecule has 2 bridgehead atoms. The fraction of sp³-hybridized carbons (Fsp3) is 0.441. The Morgan fingerprint density at radius 3 is 2.45 bits per heavy atom. The second-order valence-corrected chi connectivity index (χ2v) is 9.58. The number of hydrogen-bond donors (Lipinski definition) is 2. The van der Waals surface area contributed by atoms with Gasteiger partial charge in [0.15, 0.2) is 0 Å². The summed E-state index contributed by atoms with van der Waals surface area (Å²) < 4.78 is 0. The van der Waals surface area contributed by atoms with E-state index in [1.54, 1.807) is 0 Å². The topological polar surface area (TPSA) is 70.2 Å². The van der Waals surface area contributed by atoms with Crippen LogP contribution in [0.25, 0.3) is 0 Å². The number of amides is 1. The number of carbonyl (C=O) groups excluding carboxylic acids is 1. The normalized spacial score (nSPS) is 18.5. The van der Waals surface area contributed by atoms with Crippen molar-refractivity contribution in [3.05, 3.63) is 85.1 Å².